The summed E-state index contributed by atoms with van der Waals surface area (Å²) in [6.07, 6.45) is -0.531. The van der Waals surface area contributed by atoms with E-state index in [1.165, 1.54) is 0 Å². The largest absolute Gasteiger partial charge is 0.508 e. The van der Waals surface area contributed by atoms with Gasteiger partial charge in [0.15, 0.2) is 0 Å². The number of hydrogen-bond acceptors (Lipinski definition) is 4. The molecule has 2 aliphatic rings. The first kappa shape index (κ1) is 9.64. The molecule has 0 saturated carbocycles. The first-order valence-electron chi connectivity index (χ1n) is 7.50. The average Bonchev–Trinajstić information content (AvgIpc) is 2.47. The summed E-state index contributed by atoms with van der Waals surface area (Å²) in [4.78, 5) is 2.17. The van der Waals surface area contributed by atoms with Crippen LogP contribution in [0.3, 0.4) is 0 Å². The monoisotopic (exact) mass is 253 g/mol. The van der Waals surface area contributed by atoms with E-state index in [4.69, 9.17) is 12.2 Å². The molecule has 1 aromatic rings. The Bertz CT molecular complexity index is 485. The van der Waals surface area contributed by atoms with Gasteiger partial charge in [0.05, 0.1) is 12.6 Å². The summed E-state index contributed by atoms with van der Waals surface area (Å²) in [5.74, 6) is 0.965. The molecule has 3 rings (SSSR count). The minimum atomic E-state index is -0.403. The van der Waals surface area contributed by atoms with E-state index in [1.807, 2.05) is 0 Å². The molecule has 1 aromatic carbocycles. The number of ether oxygens (including phenoxy) is 2. The molecule has 0 aromatic heterocycles. The van der Waals surface area contributed by atoms with Crippen LogP contribution in [0.25, 0.3) is 0 Å². The number of aromatic hydroxyl groups is 1. The Balaban J connectivity index is 1.83. The van der Waals surface area contributed by atoms with Gasteiger partial charge in [-0.25, -0.2) is 0 Å². The second kappa shape index (κ2) is 4.78. The Morgan fingerprint density at radius 3 is 3.44 bits per heavy atom. The van der Waals surface area contributed by atoms with Crippen molar-refractivity contribution in [2.75, 3.05) is 26.3 Å². The van der Waals surface area contributed by atoms with E-state index in [-0.39, 0.29) is 24.8 Å². The molecule has 3 atom stereocenters. The maximum Gasteiger partial charge on any atom is 0.125 e. The minimum absolute atomic E-state index is 0.0532. The number of phenolic OH excluding ortho intramolecular Hbond substituents is 1. The summed E-state index contributed by atoms with van der Waals surface area (Å²) in [5, 5.41) is 9.65. The lowest BCUT2D eigenvalue weighted by Gasteiger charge is -2.44. The summed E-state index contributed by atoms with van der Waals surface area (Å²) in [6.45, 7) is 2.54. The first-order chi connectivity index (χ1) is 9.69. The second-order valence-corrected chi connectivity index (χ2v) is 4.68. The number of hydrogen-bond donors (Lipinski definition) is 1. The number of phenols is 1. The van der Waals surface area contributed by atoms with Crippen molar-refractivity contribution in [2.45, 2.75) is 25.4 Å². The number of morpholine rings is 1. The Labute approximate surface area is 110 Å². The molecule has 0 spiro atoms. The molecule has 2 aliphatic heterocycles. The van der Waals surface area contributed by atoms with Crippen LogP contribution in [0.1, 0.15) is 27.7 Å². The Morgan fingerprint density at radius 2 is 2.56 bits per heavy atom. The highest BCUT2D eigenvalue weighted by molar-refractivity contribution is 5.43. The Kier molecular flexibility index (Phi) is 2.56. The van der Waals surface area contributed by atoms with Crippen LogP contribution in [0.15, 0.2) is 18.2 Å². The lowest BCUT2D eigenvalue weighted by atomic mass is 9.96. The lowest BCUT2D eigenvalue weighted by molar-refractivity contribution is -0.0956. The van der Waals surface area contributed by atoms with Crippen LogP contribution in [-0.2, 0) is 4.74 Å². The fraction of sp³-hybridized carbons (Fsp3) is 0.571. The summed E-state index contributed by atoms with van der Waals surface area (Å²) < 4.78 is 26.7. The van der Waals surface area contributed by atoms with Crippen molar-refractivity contribution in [3.05, 3.63) is 23.8 Å². The second-order valence-electron chi connectivity index (χ2n) is 4.68. The number of rotatable bonds is 2. The van der Waals surface area contributed by atoms with E-state index in [2.05, 4.69) is 4.90 Å². The van der Waals surface area contributed by atoms with Gasteiger partial charge in [-0.15, -0.1) is 0 Å². The lowest BCUT2D eigenvalue weighted by Crippen LogP contribution is -2.52. The molecular formula is C14H19NO3. The van der Waals surface area contributed by atoms with Crippen LogP contribution >= 0.6 is 0 Å². The molecule has 0 radical (unpaired) electrons. The molecule has 0 aliphatic carbocycles. The van der Waals surface area contributed by atoms with E-state index >= 15 is 0 Å². The number of fused-ring (bicyclic) bond motifs is 3. The van der Waals surface area contributed by atoms with Crippen molar-refractivity contribution in [1.29, 1.82) is 0 Å². The van der Waals surface area contributed by atoms with E-state index in [0.29, 0.717) is 19.8 Å². The molecule has 1 fully saturated rings. The van der Waals surface area contributed by atoms with Crippen LogP contribution in [0.2, 0.25) is 0 Å². The average molecular weight is 253 g/mol. The van der Waals surface area contributed by atoms with Crippen molar-refractivity contribution in [3.8, 4) is 11.5 Å². The maximum atomic E-state index is 9.65. The molecule has 4 nitrogen and oxygen atoms in total. The minimum Gasteiger partial charge on any atom is -0.508 e. The van der Waals surface area contributed by atoms with Crippen LogP contribution in [-0.4, -0.2) is 42.4 Å². The smallest absolute Gasteiger partial charge is 0.125 e. The van der Waals surface area contributed by atoms with Crippen molar-refractivity contribution in [1.82, 2.24) is 4.90 Å². The summed E-state index contributed by atoms with van der Waals surface area (Å²) in [6, 6.07) is 5.12. The fourth-order valence-electron chi connectivity index (χ4n) is 2.71. The molecule has 4 heteroatoms. The van der Waals surface area contributed by atoms with E-state index in [1.54, 1.807) is 18.2 Å². The standard InChI is InChI=1S/C14H19NO3/c1-2-5-15-6-7-17-14-11-8-10(16)3-4-13(11)18-9-12(14)15/h3-4,8,12,14,16H,2,5-7,9H2,1H3/t12-,14-/m1/s1/i1T,2T/t2?,12-,14-. The highest BCUT2D eigenvalue weighted by Gasteiger charge is 2.38. The quantitative estimate of drug-likeness (QED) is 0.874. The van der Waals surface area contributed by atoms with Crippen molar-refractivity contribution >= 4 is 0 Å². The highest BCUT2D eigenvalue weighted by atomic mass is 16.5. The van der Waals surface area contributed by atoms with Gasteiger partial charge in [0.2, 0.25) is 0 Å². The predicted molar refractivity (Wildman–Crippen MR) is 67.9 cm³/mol. The Morgan fingerprint density at radius 1 is 1.61 bits per heavy atom. The normalized spacial score (nSPS) is 30.4. The fourth-order valence-corrected chi connectivity index (χ4v) is 2.71. The van der Waals surface area contributed by atoms with Crippen molar-refractivity contribution < 1.29 is 17.3 Å². The first-order valence-corrected chi connectivity index (χ1v) is 6.22. The van der Waals surface area contributed by atoms with Crippen LogP contribution in [0.4, 0.5) is 0 Å². The van der Waals surface area contributed by atoms with Gasteiger partial charge in [-0.1, -0.05) is 6.90 Å². The van der Waals surface area contributed by atoms with E-state index in [0.717, 1.165) is 17.9 Å². The summed E-state index contributed by atoms with van der Waals surface area (Å²) >= 11 is 0. The zero-order valence-corrected chi connectivity index (χ0v) is 10.2. The molecule has 1 saturated heterocycles. The van der Waals surface area contributed by atoms with E-state index < -0.39 is 6.40 Å². The number of benzene rings is 1. The van der Waals surface area contributed by atoms with Gasteiger partial charge in [-0.2, -0.15) is 0 Å². The predicted octanol–water partition coefficient (Wildman–Crippen LogP) is 1.94. The van der Waals surface area contributed by atoms with Gasteiger partial charge in [0, 0.05) is 14.8 Å². The molecule has 18 heavy (non-hydrogen) atoms. The zero-order chi connectivity index (χ0) is 14.1. The Hall–Kier alpha value is -1.26. The van der Waals surface area contributed by atoms with Crippen molar-refractivity contribution in [3.63, 3.8) is 0 Å². The molecule has 1 N–H and O–H groups in total. The van der Waals surface area contributed by atoms with E-state index in [9.17, 15) is 5.11 Å². The topological polar surface area (TPSA) is 41.9 Å². The summed E-state index contributed by atoms with van der Waals surface area (Å²) in [7, 11) is 0. The van der Waals surface area contributed by atoms with Gasteiger partial charge < -0.3 is 14.6 Å². The summed E-state index contributed by atoms with van der Waals surface area (Å²) in [5.41, 5.74) is 0.873. The molecule has 98 valence electrons. The van der Waals surface area contributed by atoms with Crippen LogP contribution in [0, 0.1) is 0 Å². The van der Waals surface area contributed by atoms with Gasteiger partial charge in [0.1, 0.15) is 24.2 Å². The third kappa shape index (κ3) is 1.95. The number of nitrogens with zero attached hydrogens (tertiary/aromatic N) is 1. The van der Waals surface area contributed by atoms with Gasteiger partial charge in [0.25, 0.3) is 0 Å². The van der Waals surface area contributed by atoms with Gasteiger partial charge >= 0.3 is 0 Å². The SMILES string of the molecule is [3H]CC([3H])CN1CCO[C@@H]2c3cc(O)ccc3OC[C@H]21. The molecule has 1 unspecified atom stereocenters. The third-order valence-corrected chi connectivity index (χ3v) is 3.57. The molecule has 2 heterocycles. The van der Waals surface area contributed by atoms with Crippen molar-refractivity contribution in [2.24, 2.45) is 0 Å². The molecule has 0 amide bonds. The van der Waals surface area contributed by atoms with Gasteiger partial charge in [-0.3, -0.25) is 4.90 Å². The highest BCUT2D eigenvalue weighted by Crippen LogP contribution is 2.40. The zero-order valence-electron chi connectivity index (χ0n) is 12.2. The molecular weight excluding hydrogens is 230 g/mol. The third-order valence-electron chi connectivity index (χ3n) is 3.57. The van der Waals surface area contributed by atoms with Gasteiger partial charge in [-0.05, 0) is 31.1 Å². The maximum absolute atomic E-state index is 9.65. The van der Waals surface area contributed by atoms with Crippen LogP contribution < -0.4 is 4.74 Å². The molecule has 0 bridgehead atoms. The van der Waals surface area contributed by atoms with Crippen LogP contribution in [0.5, 0.6) is 11.5 Å².